The third-order valence-electron chi connectivity index (χ3n) is 6.69. The van der Waals surface area contributed by atoms with Crippen molar-refractivity contribution in [2.45, 2.75) is 31.3 Å². The summed E-state index contributed by atoms with van der Waals surface area (Å²) >= 11 is 0. The highest BCUT2D eigenvalue weighted by Crippen LogP contribution is 2.53. The number of carbonyl (C=O) groups excluding carboxylic acids is 2. The lowest BCUT2D eigenvalue weighted by Crippen LogP contribution is -2.40. The Hall–Kier alpha value is -3.12. The summed E-state index contributed by atoms with van der Waals surface area (Å²) in [7, 11) is 1.62. The summed E-state index contributed by atoms with van der Waals surface area (Å²) in [5, 5.41) is 0. The molecule has 2 fully saturated rings. The predicted molar refractivity (Wildman–Crippen MR) is 113 cm³/mol. The lowest BCUT2D eigenvalue weighted by atomic mass is 9.77. The van der Waals surface area contributed by atoms with Gasteiger partial charge in [0.05, 0.1) is 31.7 Å². The Morgan fingerprint density at radius 1 is 1.19 bits per heavy atom. The first kappa shape index (κ1) is 19.8. The average Bonchev–Trinajstić information content (AvgIpc) is 3.46. The zero-order valence-electron chi connectivity index (χ0n) is 17.6. The number of fused-ring (bicyclic) bond motifs is 1. The van der Waals surface area contributed by atoms with Crippen LogP contribution >= 0.6 is 0 Å². The molecule has 0 aliphatic carbocycles. The van der Waals surface area contributed by atoms with Crippen molar-refractivity contribution < 1.29 is 23.8 Å². The number of nitrogens with zero attached hydrogens (tertiary/aromatic N) is 1. The lowest BCUT2D eigenvalue weighted by Gasteiger charge is -2.27. The highest BCUT2D eigenvalue weighted by Gasteiger charge is 2.67. The van der Waals surface area contributed by atoms with Crippen LogP contribution in [0.2, 0.25) is 0 Å². The van der Waals surface area contributed by atoms with E-state index < -0.39 is 23.5 Å². The van der Waals surface area contributed by atoms with Crippen LogP contribution in [0.25, 0.3) is 0 Å². The molecule has 5 rings (SSSR count). The van der Waals surface area contributed by atoms with E-state index in [9.17, 15) is 9.59 Å². The Balaban J connectivity index is 1.34. The largest absolute Gasteiger partial charge is 0.497 e. The second-order valence-corrected chi connectivity index (χ2v) is 8.41. The lowest BCUT2D eigenvalue weighted by molar-refractivity contribution is -0.155. The number of rotatable bonds is 6. The Morgan fingerprint density at radius 2 is 1.94 bits per heavy atom. The van der Waals surface area contributed by atoms with E-state index in [1.54, 1.807) is 7.11 Å². The second-order valence-electron chi connectivity index (χ2n) is 8.41. The number of benzene rings is 2. The molecular weight excluding hydrogens is 394 g/mol. The fraction of sp³-hybridized carbons (Fsp3) is 0.360. The second kappa shape index (κ2) is 7.54. The molecule has 0 saturated carbocycles. The molecule has 2 aromatic rings. The van der Waals surface area contributed by atoms with Gasteiger partial charge in [-0.15, -0.1) is 0 Å². The Morgan fingerprint density at radius 3 is 2.65 bits per heavy atom. The van der Waals surface area contributed by atoms with Gasteiger partial charge in [-0.2, -0.15) is 0 Å². The van der Waals surface area contributed by atoms with Crippen molar-refractivity contribution in [3.05, 3.63) is 77.9 Å². The van der Waals surface area contributed by atoms with Gasteiger partial charge in [-0.25, -0.2) is 0 Å². The molecule has 31 heavy (non-hydrogen) atoms. The van der Waals surface area contributed by atoms with E-state index in [-0.39, 0.29) is 24.5 Å². The van der Waals surface area contributed by atoms with Gasteiger partial charge in [-0.3, -0.25) is 9.59 Å². The van der Waals surface area contributed by atoms with Crippen LogP contribution in [0.15, 0.2) is 66.7 Å². The van der Waals surface area contributed by atoms with Crippen molar-refractivity contribution in [2.75, 3.05) is 13.7 Å². The summed E-state index contributed by atoms with van der Waals surface area (Å²) in [4.78, 5) is 28.3. The van der Waals surface area contributed by atoms with Gasteiger partial charge >= 0.3 is 5.97 Å². The molecule has 2 saturated heterocycles. The van der Waals surface area contributed by atoms with Gasteiger partial charge in [0.2, 0.25) is 5.91 Å². The molecule has 0 unspecified atom stereocenters. The van der Waals surface area contributed by atoms with Gasteiger partial charge in [-0.1, -0.05) is 54.6 Å². The number of hydrogen-bond acceptors (Lipinski definition) is 5. The van der Waals surface area contributed by atoms with Crippen LogP contribution in [-0.2, 0) is 25.7 Å². The minimum atomic E-state index is -0.751. The molecule has 5 atom stereocenters. The van der Waals surface area contributed by atoms with Crippen molar-refractivity contribution in [3.8, 4) is 5.75 Å². The summed E-state index contributed by atoms with van der Waals surface area (Å²) in [6, 6.07) is 17.1. The molecule has 1 amide bonds. The molecule has 6 nitrogen and oxygen atoms in total. The molecule has 0 aromatic heterocycles. The van der Waals surface area contributed by atoms with Crippen molar-refractivity contribution in [1.82, 2.24) is 4.90 Å². The average molecular weight is 419 g/mol. The third kappa shape index (κ3) is 3.22. The van der Waals surface area contributed by atoms with E-state index in [0.717, 1.165) is 16.9 Å². The SMILES string of the molecule is COc1ccc([C@@H](C)N2C[C@@]34C=C[C@@H](O3)[C@H](C(=O)OCc3ccccc3)[C@H]4C2=O)cc1. The van der Waals surface area contributed by atoms with Gasteiger partial charge in [-0.05, 0) is 30.2 Å². The van der Waals surface area contributed by atoms with Crippen LogP contribution in [0.1, 0.15) is 24.1 Å². The molecule has 1 spiro atoms. The van der Waals surface area contributed by atoms with Crippen LogP contribution in [0, 0.1) is 11.8 Å². The molecular formula is C25H25NO5. The van der Waals surface area contributed by atoms with E-state index in [2.05, 4.69) is 0 Å². The molecule has 0 radical (unpaired) electrons. The maximum absolute atomic E-state index is 13.5. The van der Waals surface area contributed by atoms with Gasteiger partial charge in [0.15, 0.2) is 0 Å². The van der Waals surface area contributed by atoms with Crippen molar-refractivity contribution in [3.63, 3.8) is 0 Å². The smallest absolute Gasteiger partial charge is 0.313 e. The van der Waals surface area contributed by atoms with E-state index in [4.69, 9.17) is 14.2 Å². The molecule has 0 N–H and O–H groups in total. The fourth-order valence-electron chi connectivity index (χ4n) is 5.01. The van der Waals surface area contributed by atoms with E-state index >= 15 is 0 Å². The standard InChI is InChI=1S/C25H25NO5/c1-16(18-8-10-19(29-2)11-9-18)26-15-25-13-12-20(31-25)21(22(25)23(26)27)24(28)30-14-17-6-4-3-5-7-17/h3-13,16,20-22H,14-15H2,1-2H3/t16-,20-,21+,22+,25-/m1/s1. The summed E-state index contributed by atoms with van der Waals surface area (Å²) in [5.74, 6) is -0.833. The normalized spacial score (nSPS) is 29.2. The Labute approximate surface area is 181 Å². The van der Waals surface area contributed by atoms with Gasteiger partial charge in [0, 0.05) is 0 Å². The van der Waals surface area contributed by atoms with E-state index in [0.29, 0.717) is 6.54 Å². The number of methoxy groups -OCH3 is 1. The maximum Gasteiger partial charge on any atom is 0.313 e. The highest BCUT2D eigenvalue weighted by molar-refractivity contribution is 5.91. The first-order chi connectivity index (χ1) is 15.0. The van der Waals surface area contributed by atoms with Crippen molar-refractivity contribution >= 4 is 11.9 Å². The molecule has 3 aliphatic heterocycles. The summed E-state index contributed by atoms with van der Waals surface area (Å²) in [5.41, 5.74) is 1.17. The van der Waals surface area contributed by atoms with Crippen molar-refractivity contribution in [1.29, 1.82) is 0 Å². The first-order valence-corrected chi connectivity index (χ1v) is 10.5. The number of amides is 1. The molecule has 2 bridgehead atoms. The Kier molecular flexibility index (Phi) is 4.82. The number of esters is 1. The number of likely N-dealkylation sites (tertiary alicyclic amines) is 1. The minimum Gasteiger partial charge on any atom is -0.497 e. The van der Waals surface area contributed by atoms with Crippen LogP contribution in [-0.4, -0.2) is 42.1 Å². The third-order valence-corrected chi connectivity index (χ3v) is 6.69. The molecule has 3 aliphatic rings. The molecule has 6 heteroatoms. The number of ether oxygens (including phenoxy) is 3. The van der Waals surface area contributed by atoms with Crippen LogP contribution < -0.4 is 4.74 Å². The molecule has 160 valence electrons. The molecule has 3 heterocycles. The summed E-state index contributed by atoms with van der Waals surface area (Å²) < 4.78 is 17.0. The predicted octanol–water partition coefficient (Wildman–Crippen LogP) is 3.28. The summed E-state index contributed by atoms with van der Waals surface area (Å²) in [6.45, 7) is 2.61. The van der Waals surface area contributed by atoms with Crippen LogP contribution in [0.5, 0.6) is 5.75 Å². The quantitative estimate of drug-likeness (QED) is 0.531. The number of hydrogen-bond donors (Lipinski definition) is 0. The minimum absolute atomic E-state index is 0.0585. The highest BCUT2D eigenvalue weighted by atomic mass is 16.6. The topological polar surface area (TPSA) is 65.1 Å². The summed E-state index contributed by atoms with van der Waals surface area (Å²) in [6.07, 6.45) is 3.46. The zero-order valence-corrected chi connectivity index (χ0v) is 17.6. The maximum atomic E-state index is 13.5. The van der Waals surface area contributed by atoms with Crippen molar-refractivity contribution in [2.24, 2.45) is 11.8 Å². The fourth-order valence-corrected chi connectivity index (χ4v) is 5.01. The zero-order chi connectivity index (χ0) is 21.6. The monoisotopic (exact) mass is 419 g/mol. The van der Waals surface area contributed by atoms with E-state index in [1.165, 1.54) is 0 Å². The molecule has 2 aromatic carbocycles. The number of carbonyl (C=O) groups is 2. The van der Waals surface area contributed by atoms with Gasteiger partial charge < -0.3 is 19.1 Å². The Bertz CT molecular complexity index is 1020. The van der Waals surface area contributed by atoms with Crippen LogP contribution in [0.3, 0.4) is 0 Å². The van der Waals surface area contributed by atoms with Gasteiger partial charge in [0.25, 0.3) is 0 Å². The first-order valence-electron chi connectivity index (χ1n) is 10.5. The van der Waals surface area contributed by atoms with Gasteiger partial charge in [0.1, 0.15) is 23.9 Å². The van der Waals surface area contributed by atoms with E-state index in [1.807, 2.05) is 78.6 Å². The van der Waals surface area contributed by atoms with Crippen LogP contribution in [0.4, 0.5) is 0 Å².